The largest absolute Gasteiger partial charge is 0.389 e. The van der Waals surface area contributed by atoms with Crippen molar-refractivity contribution in [1.82, 2.24) is 4.90 Å². The number of aliphatic hydroxyl groups excluding tert-OH is 1. The van der Waals surface area contributed by atoms with Gasteiger partial charge in [0.15, 0.2) is 0 Å². The fourth-order valence-corrected chi connectivity index (χ4v) is 2.65. The quantitative estimate of drug-likeness (QED) is 0.751. The van der Waals surface area contributed by atoms with E-state index in [1.54, 1.807) is 0 Å². The highest BCUT2D eigenvalue weighted by Crippen LogP contribution is 2.34. The van der Waals surface area contributed by atoms with E-state index in [1.165, 1.54) is 32.2 Å². The van der Waals surface area contributed by atoms with Crippen LogP contribution in [0, 0.1) is 5.92 Å². The number of rotatable bonds is 9. The molecule has 2 fully saturated rings. The van der Waals surface area contributed by atoms with E-state index < -0.39 is 0 Å². The summed E-state index contributed by atoms with van der Waals surface area (Å²) < 4.78 is 5.63. The lowest BCUT2D eigenvalue weighted by molar-refractivity contribution is 0.00774. The maximum absolute atomic E-state index is 10.1. The monoisotopic (exact) mass is 275 g/mol. The van der Waals surface area contributed by atoms with E-state index in [2.05, 4.69) is 17.0 Å². The average molecular weight is 275 g/mol. The van der Waals surface area contributed by atoms with Crippen molar-refractivity contribution < 1.29 is 9.84 Å². The van der Waals surface area contributed by atoms with Crippen molar-refractivity contribution in [3.63, 3.8) is 0 Å². The van der Waals surface area contributed by atoms with Gasteiger partial charge in [-0.05, 0) is 37.2 Å². The standard InChI is InChI=1S/C17H25NO2/c19-17(13-20-12-15-4-2-1-3-5-15)11-18(16-8-9-16)10-14-6-7-14/h1-5,14,16-17,19H,6-13H2. The zero-order valence-corrected chi connectivity index (χ0v) is 12.1. The van der Waals surface area contributed by atoms with Crippen LogP contribution in [0.3, 0.4) is 0 Å². The van der Waals surface area contributed by atoms with Gasteiger partial charge < -0.3 is 9.84 Å². The lowest BCUT2D eigenvalue weighted by atomic mass is 10.2. The summed E-state index contributed by atoms with van der Waals surface area (Å²) in [6, 6.07) is 10.9. The van der Waals surface area contributed by atoms with E-state index >= 15 is 0 Å². The summed E-state index contributed by atoms with van der Waals surface area (Å²) in [5, 5.41) is 10.1. The molecule has 3 nitrogen and oxygen atoms in total. The van der Waals surface area contributed by atoms with Crippen LogP contribution in [0.2, 0.25) is 0 Å². The molecule has 2 aliphatic rings. The van der Waals surface area contributed by atoms with Gasteiger partial charge in [-0.1, -0.05) is 30.3 Å². The lowest BCUT2D eigenvalue weighted by Crippen LogP contribution is -2.37. The van der Waals surface area contributed by atoms with Crippen LogP contribution in [0.25, 0.3) is 0 Å². The zero-order chi connectivity index (χ0) is 13.8. The first-order valence-electron chi connectivity index (χ1n) is 7.85. The molecule has 0 bridgehead atoms. The Kier molecular flexibility index (Phi) is 4.71. The maximum Gasteiger partial charge on any atom is 0.0900 e. The minimum absolute atomic E-state index is 0.363. The van der Waals surface area contributed by atoms with Gasteiger partial charge in [-0.25, -0.2) is 0 Å². The summed E-state index contributed by atoms with van der Waals surface area (Å²) in [4.78, 5) is 2.48. The van der Waals surface area contributed by atoms with Gasteiger partial charge in [0.25, 0.3) is 0 Å². The summed E-state index contributed by atoms with van der Waals surface area (Å²) in [7, 11) is 0. The smallest absolute Gasteiger partial charge is 0.0900 e. The molecular formula is C17H25NO2. The predicted octanol–water partition coefficient (Wildman–Crippen LogP) is 2.44. The van der Waals surface area contributed by atoms with Crippen LogP contribution < -0.4 is 0 Å². The Bertz CT molecular complexity index is 401. The second-order valence-corrected chi connectivity index (χ2v) is 6.28. The summed E-state index contributed by atoms with van der Waals surface area (Å²) in [6.07, 6.45) is 5.01. The molecule has 1 unspecified atom stereocenters. The van der Waals surface area contributed by atoms with Crippen LogP contribution >= 0.6 is 0 Å². The fourth-order valence-electron chi connectivity index (χ4n) is 2.65. The molecule has 0 amide bonds. The van der Waals surface area contributed by atoms with E-state index in [0.29, 0.717) is 13.2 Å². The number of hydrogen-bond donors (Lipinski definition) is 1. The second kappa shape index (κ2) is 6.70. The fraction of sp³-hybridized carbons (Fsp3) is 0.647. The van der Waals surface area contributed by atoms with E-state index in [4.69, 9.17) is 4.74 Å². The van der Waals surface area contributed by atoms with E-state index in [1.807, 2.05) is 18.2 Å². The molecule has 20 heavy (non-hydrogen) atoms. The van der Waals surface area contributed by atoms with Crippen molar-refractivity contribution in [2.45, 2.75) is 44.4 Å². The van der Waals surface area contributed by atoms with Crippen LogP contribution in [-0.2, 0) is 11.3 Å². The molecule has 0 radical (unpaired) electrons. The third-order valence-corrected chi connectivity index (χ3v) is 4.12. The van der Waals surface area contributed by atoms with E-state index in [0.717, 1.165) is 24.1 Å². The number of benzene rings is 1. The first-order chi connectivity index (χ1) is 9.81. The summed E-state index contributed by atoms with van der Waals surface area (Å²) >= 11 is 0. The van der Waals surface area contributed by atoms with E-state index in [-0.39, 0.29) is 6.10 Å². The van der Waals surface area contributed by atoms with Crippen LogP contribution in [-0.4, -0.2) is 41.8 Å². The Morgan fingerprint density at radius 2 is 1.90 bits per heavy atom. The van der Waals surface area contributed by atoms with Gasteiger partial charge in [-0.3, -0.25) is 4.90 Å². The number of aliphatic hydroxyl groups is 1. The molecule has 1 N–H and O–H groups in total. The van der Waals surface area contributed by atoms with Crippen molar-refractivity contribution in [3.8, 4) is 0 Å². The van der Waals surface area contributed by atoms with Crippen LogP contribution in [0.5, 0.6) is 0 Å². The van der Waals surface area contributed by atoms with Crippen molar-refractivity contribution in [1.29, 1.82) is 0 Å². The molecule has 0 saturated heterocycles. The first kappa shape index (κ1) is 14.1. The van der Waals surface area contributed by atoms with Crippen LogP contribution in [0.4, 0.5) is 0 Å². The molecule has 0 heterocycles. The van der Waals surface area contributed by atoms with E-state index in [9.17, 15) is 5.11 Å². The topological polar surface area (TPSA) is 32.7 Å². The van der Waals surface area contributed by atoms with Gasteiger partial charge >= 0.3 is 0 Å². The highest BCUT2D eigenvalue weighted by molar-refractivity contribution is 5.13. The molecule has 0 aromatic heterocycles. The normalized spacial score (nSPS) is 20.3. The Morgan fingerprint density at radius 3 is 2.55 bits per heavy atom. The Morgan fingerprint density at radius 1 is 1.15 bits per heavy atom. The summed E-state index contributed by atoms with van der Waals surface area (Å²) in [6.45, 7) is 2.98. The van der Waals surface area contributed by atoms with Crippen molar-refractivity contribution >= 4 is 0 Å². The van der Waals surface area contributed by atoms with Gasteiger partial charge in [0, 0.05) is 19.1 Å². The molecular weight excluding hydrogens is 250 g/mol. The van der Waals surface area contributed by atoms with Gasteiger partial charge in [-0.2, -0.15) is 0 Å². The minimum Gasteiger partial charge on any atom is -0.389 e. The Hall–Kier alpha value is -0.900. The lowest BCUT2D eigenvalue weighted by Gasteiger charge is -2.24. The van der Waals surface area contributed by atoms with Crippen LogP contribution in [0.1, 0.15) is 31.2 Å². The van der Waals surface area contributed by atoms with Gasteiger partial charge in [0.1, 0.15) is 0 Å². The molecule has 0 spiro atoms. The highest BCUT2D eigenvalue weighted by atomic mass is 16.5. The molecule has 1 aromatic rings. The maximum atomic E-state index is 10.1. The molecule has 1 atom stereocenters. The zero-order valence-electron chi connectivity index (χ0n) is 12.1. The van der Waals surface area contributed by atoms with Crippen molar-refractivity contribution in [3.05, 3.63) is 35.9 Å². The third-order valence-electron chi connectivity index (χ3n) is 4.12. The molecule has 0 aliphatic heterocycles. The molecule has 110 valence electrons. The minimum atomic E-state index is -0.363. The first-order valence-corrected chi connectivity index (χ1v) is 7.85. The Balaban J connectivity index is 1.36. The summed E-state index contributed by atoms with van der Waals surface area (Å²) in [5.41, 5.74) is 1.16. The van der Waals surface area contributed by atoms with Gasteiger partial charge in [0.2, 0.25) is 0 Å². The van der Waals surface area contributed by atoms with Gasteiger partial charge in [-0.15, -0.1) is 0 Å². The Labute approximate surface area is 121 Å². The number of hydrogen-bond acceptors (Lipinski definition) is 3. The van der Waals surface area contributed by atoms with Crippen molar-refractivity contribution in [2.24, 2.45) is 5.92 Å². The second-order valence-electron chi connectivity index (χ2n) is 6.28. The van der Waals surface area contributed by atoms with Crippen molar-refractivity contribution in [2.75, 3.05) is 19.7 Å². The molecule has 3 heteroatoms. The third kappa shape index (κ3) is 4.58. The molecule has 2 aliphatic carbocycles. The number of ether oxygens (including phenoxy) is 1. The highest BCUT2D eigenvalue weighted by Gasteiger charge is 2.34. The molecule has 3 rings (SSSR count). The SMILES string of the molecule is OC(COCc1ccccc1)CN(CC1CC1)C1CC1. The molecule has 2 saturated carbocycles. The molecule has 1 aromatic carbocycles. The number of nitrogens with zero attached hydrogens (tertiary/aromatic N) is 1. The van der Waals surface area contributed by atoms with Gasteiger partial charge in [0.05, 0.1) is 19.3 Å². The van der Waals surface area contributed by atoms with Crippen LogP contribution in [0.15, 0.2) is 30.3 Å². The predicted molar refractivity (Wildman–Crippen MR) is 79.4 cm³/mol. The summed E-state index contributed by atoms with van der Waals surface area (Å²) in [5.74, 6) is 0.896. The average Bonchev–Trinajstić information content (AvgIpc) is 3.33.